The molecule has 0 bridgehead atoms. The molecule has 3 amide bonds. The van der Waals surface area contributed by atoms with E-state index in [1.54, 1.807) is 23.0 Å². The third-order valence-corrected chi connectivity index (χ3v) is 17.7. The number of rotatable bonds is 10. The van der Waals surface area contributed by atoms with Crippen LogP contribution in [0.3, 0.4) is 0 Å². The largest absolute Gasteiger partial charge is 0.497 e. The predicted molar refractivity (Wildman–Crippen MR) is 225 cm³/mol. The van der Waals surface area contributed by atoms with E-state index in [0.29, 0.717) is 24.3 Å². The minimum absolute atomic E-state index is 0.0496. The Morgan fingerprint density at radius 2 is 1.71 bits per heavy atom. The summed E-state index contributed by atoms with van der Waals surface area (Å²) in [6.45, 7) is 8.41. The smallest absolute Gasteiger partial charge is 0.304 e. The van der Waals surface area contributed by atoms with Gasteiger partial charge in [0.1, 0.15) is 5.75 Å². The molecule has 58 heavy (non-hydrogen) atoms. The van der Waals surface area contributed by atoms with Crippen molar-refractivity contribution in [1.82, 2.24) is 4.90 Å². The van der Waals surface area contributed by atoms with Crippen LogP contribution in [0.4, 0.5) is 11.4 Å². The van der Waals surface area contributed by atoms with Crippen molar-refractivity contribution in [3.05, 3.63) is 118 Å². The number of β-lactam (4-membered cyclic amide) rings is 1. The van der Waals surface area contributed by atoms with Gasteiger partial charge in [-0.2, -0.15) is 0 Å². The first-order chi connectivity index (χ1) is 27.8. The standard InChI is InChI=1S/C45H48BrN3O8Si/c1-27-43(58(4,5)36-16-14-35(55-3)15-17-36)39(22-40(52)47-25-31-11-7-6-10-30(31)20-34(47)26-50)57-45(27)37-21-32(46)13-18-38(37)48(44(45)54)24-29-9-8-12-33(19-29)49-41(53)23-42(49)56-28(2)51/h6-19,21,27,34,39,42-43,50H,20,22-26H2,1-5H3/t27-,34+,39+,42?,43-,45+/m1/s1. The van der Waals surface area contributed by atoms with Gasteiger partial charge in [0.25, 0.3) is 5.91 Å². The summed E-state index contributed by atoms with van der Waals surface area (Å²) in [5.41, 5.74) is 3.42. The maximum atomic E-state index is 15.4. The van der Waals surface area contributed by atoms with Crippen molar-refractivity contribution >= 4 is 64.3 Å². The third kappa shape index (κ3) is 6.75. The van der Waals surface area contributed by atoms with Gasteiger partial charge in [0.15, 0.2) is 11.8 Å². The molecule has 4 aliphatic rings. The van der Waals surface area contributed by atoms with Gasteiger partial charge in [-0.25, -0.2) is 0 Å². The molecule has 1 unspecified atom stereocenters. The van der Waals surface area contributed by atoms with Crippen molar-refractivity contribution in [2.45, 2.75) is 88.8 Å². The van der Waals surface area contributed by atoms with Gasteiger partial charge >= 0.3 is 5.97 Å². The van der Waals surface area contributed by atoms with Crippen LogP contribution >= 0.6 is 15.9 Å². The van der Waals surface area contributed by atoms with Gasteiger partial charge in [0.2, 0.25) is 11.8 Å². The number of halogens is 1. The van der Waals surface area contributed by atoms with Crippen LogP contribution in [0.1, 0.15) is 48.9 Å². The first kappa shape index (κ1) is 40.0. The molecule has 0 aliphatic carbocycles. The fraction of sp³-hybridized carbons (Fsp3) is 0.378. The monoisotopic (exact) mass is 865 g/mol. The van der Waals surface area contributed by atoms with Crippen LogP contribution in [0, 0.1) is 5.92 Å². The number of aliphatic hydroxyl groups excluding tert-OH is 1. The number of carbonyl (C=O) groups is 4. The molecule has 1 spiro atoms. The lowest BCUT2D eigenvalue weighted by molar-refractivity contribution is -0.154. The Morgan fingerprint density at radius 3 is 2.40 bits per heavy atom. The summed E-state index contributed by atoms with van der Waals surface area (Å²) in [5.74, 6) is -0.546. The predicted octanol–water partition coefficient (Wildman–Crippen LogP) is 6.18. The quantitative estimate of drug-likeness (QED) is 0.114. The molecule has 4 aliphatic heterocycles. The summed E-state index contributed by atoms with van der Waals surface area (Å²) in [7, 11) is -0.920. The number of esters is 1. The highest BCUT2D eigenvalue weighted by atomic mass is 79.9. The minimum Gasteiger partial charge on any atom is -0.497 e. The van der Waals surface area contributed by atoms with Crippen molar-refractivity contribution in [1.29, 1.82) is 0 Å². The van der Waals surface area contributed by atoms with E-state index in [-0.39, 0.29) is 61.2 Å². The molecule has 11 nitrogen and oxygen atoms in total. The lowest BCUT2D eigenvalue weighted by atomic mass is 9.82. The van der Waals surface area contributed by atoms with Crippen LogP contribution in [-0.2, 0) is 53.8 Å². The summed E-state index contributed by atoms with van der Waals surface area (Å²) in [6, 6.07) is 29.0. The summed E-state index contributed by atoms with van der Waals surface area (Å²) >= 11 is 3.68. The summed E-state index contributed by atoms with van der Waals surface area (Å²) in [6.07, 6.45) is -0.566. The Bertz CT molecular complexity index is 2290. The number of nitrogens with zero attached hydrogens (tertiary/aromatic N) is 3. The van der Waals surface area contributed by atoms with Gasteiger partial charge in [0.05, 0.1) is 59.0 Å². The lowest BCUT2D eigenvalue weighted by Crippen LogP contribution is -2.54. The average Bonchev–Trinajstić information content (AvgIpc) is 3.62. The van der Waals surface area contributed by atoms with E-state index in [1.807, 2.05) is 66.7 Å². The molecule has 8 rings (SSSR count). The van der Waals surface area contributed by atoms with E-state index in [2.05, 4.69) is 54.1 Å². The Kier molecular flexibility index (Phi) is 10.6. The highest BCUT2D eigenvalue weighted by Crippen LogP contribution is 2.60. The molecule has 302 valence electrons. The molecule has 2 fully saturated rings. The van der Waals surface area contributed by atoms with E-state index in [0.717, 1.165) is 37.7 Å². The molecule has 2 saturated heterocycles. The Labute approximate surface area is 348 Å². The second-order valence-electron chi connectivity index (χ2n) is 16.4. The van der Waals surface area contributed by atoms with Crippen LogP contribution in [0.5, 0.6) is 5.75 Å². The Morgan fingerprint density at radius 1 is 0.966 bits per heavy atom. The van der Waals surface area contributed by atoms with Gasteiger partial charge in [-0.3, -0.25) is 24.1 Å². The molecule has 1 N–H and O–H groups in total. The number of aliphatic hydroxyl groups is 1. The number of hydrogen-bond donors (Lipinski definition) is 1. The van der Waals surface area contributed by atoms with Gasteiger partial charge in [-0.1, -0.05) is 89.7 Å². The highest BCUT2D eigenvalue weighted by molar-refractivity contribution is 9.10. The summed E-state index contributed by atoms with van der Waals surface area (Å²) in [5, 5.41) is 11.7. The van der Waals surface area contributed by atoms with Crippen LogP contribution in [0.2, 0.25) is 18.6 Å². The number of carbonyl (C=O) groups excluding carboxylic acids is 4. The molecular weight excluding hydrogens is 818 g/mol. The number of ether oxygens (including phenoxy) is 3. The molecule has 13 heteroatoms. The van der Waals surface area contributed by atoms with E-state index >= 15 is 4.79 Å². The zero-order valence-corrected chi connectivity index (χ0v) is 35.9. The van der Waals surface area contributed by atoms with Crippen molar-refractivity contribution < 1.29 is 38.5 Å². The van der Waals surface area contributed by atoms with E-state index in [4.69, 9.17) is 14.2 Å². The second kappa shape index (κ2) is 15.4. The number of anilines is 2. The fourth-order valence-electron chi connectivity index (χ4n) is 9.95. The maximum Gasteiger partial charge on any atom is 0.304 e. The number of benzene rings is 4. The average molecular weight is 867 g/mol. The normalized spacial score (nSPS) is 25.1. The Hall–Kier alpha value is -4.82. The molecule has 6 atom stereocenters. The molecule has 0 aromatic heterocycles. The molecule has 4 aromatic rings. The number of methoxy groups -OCH3 is 1. The van der Waals surface area contributed by atoms with E-state index < -0.39 is 32.0 Å². The van der Waals surface area contributed by atoms with Crippen LogP contribution in [-0.4, -0.2) is 73.9 Å². The fourth-order valence-corrected chi connectivity index (χ4v) is 14.3. The van der Waals surface area contributed by atoms with E-state index in [9.17, 15) is 19.5 Å². The third-order valence-electron chi connectivity index (χ3n) is 12.8. The highest BCUT2D eigenvalue weighted by Gasteiger charge is 2.66. The van der Waals surface area contributed by atoms with Crippen molar-refractivity contribution in [2.24, 2.45) is 5.92 Å². The molecule has 4 heterocycles. The Balaban J connectivity index is 1.17. The number of hydrogen-bond acceptors (Lipinski definition) is 8. The molecular formula is C45H48BrN3O8Si. The van der Waals surface area contributed by atoms with Crippen LogP contribution < -0.4 is 19.7 Å². The topological polar surface area (TPSA) is 126 Å². The van der Waals surface area contributed by atoms with Crippen LogP contribution in [0.25, 0.3) is 0 Å². The van der Waals surface area contributed by atoms with E-state index in [1.165, 1.54) is 11.8 Å². The lowest BCUT2D eigenvalue weighted by Gasteiger charge is -2.39. The zero-order valence-electron chi connectivity index (χ0n) is 33.3. The molecule has 0 radical (unpaired) electrons. The van der Waals surface area contributed by atoms with Crippen LogP contribution in [0.15, 0.2) is 95.5 Å². The molecule has 4 aromatic carbocycles. The van der Waals surface area contributed by atoms with Gasteiger partial charge < -0.3 is 29.1 Å². The van der Waals surface area contributed by atoms with Crippen molar-refractivity contribution in [2.75, 3.05) is 23.5 Å². The number of amides is 3. The number of fused-ring (bicyclic) bond motifs is 3. The van der Waals surface area contributed by atoms with Crippen molar-refractivity contribution in [3.63, 3.8) is 0 Å². The van der Waals surface area contributed by atoms with Crippen molar-refractivity contribution in [3.8, 4) is 5.75 Å². The van der Waals surface area contributed by atoms with Gasteiger partial charge in [-0.05, 0) is 71.1 Å². The first-order valence-electron chi connectivity index (χ1n) is 19.8. The SMILES string of the molecule is COc1ccc([Si](C)(C)[C@H]2[C@H](CC(=O)N3Cc4ccccc4C[C@H]3CO)O[C@@]3(C(=O)N(Cc4cccc(N5C(=O)CC5OC(C)=O)c4)c4ccc(Br)cc43)[C@@H]2C)cc1. The second-order valence-corrected chi connectivity index (χ2v) is 22.0. The molecule has 0 saturated carbocycles. The zero-order chi connectivity index (χ0) is 41.1. The first-order valence-corrected chi connectivity index (χ1v) is 23.6. The van der Waals surface area contributed by atoms with Gasteiger partial charge in [-0.15, -0.1) is 0 Å². The minimum atomic E-state index is -2.56. The maximum absolute atomic E-state index is 15.4. The summed E-state index contributed by atoms with van der Waals surface area (Å²) in [4.78, 5) is 59.5. The summed E-state index contributed by atoms with van der Waals surface area (Å²) < 4.78 is 19.0. The van der Waals surface area contributed by atoms with Gasteiger partial charge in [0, 0.05) is 35.1 Å².